The predicted octanol–water partition coefficient (Wildman–Crippen LogP) is 2.43. The second-order valence-corrected chi connectivity index (χ2v) is 3.71. The summed E-state index contributed by atoms with van der Waals surface area (Å²) >= 11 is 0. The minimum Gasteiger partial charge on any atom is -0.316 e. The van der Waals surface area contributed by atoms with Crippen molar-refractivity contribution in [3.63, 3.8) is 0 Å². The van der Waals surface area contributed by atoms with E-state index in [1.165, 1.54) is 6.07 Å². The standard InChI is InChI=1S/C11H13F2N/c12-9-3-4-10(11(13)6-9)8-2-1-5-14-7-8/h3-4,6,8,14H,1-2,5,7H2. The van der Waals surface area contributed by atoms with E-state index >= 15 is 0 Å². The Morgan fingerprint density at radius 2 is 2.14 bits per heavy atom. The average Bonchev–Trinajstić information content (AvgIpc) is 2.19. The Kier molecular flexibility index (Phi) is 2.77. The summed E-state index contributed by atoms with van der Waals surface area (Å²) in [6.45, 7) is 1.79. The summed E-state index contributed by atoms with van der Waals surface area (Å²) in [5.74, 6) is -0.724. The third kappa shape index (κ3) is 1.93. The molecular weight excluding hydrogens is 184 g/mol. The Bertz CT molecular complexity index is 319. The Labute approximate surface area is 82.1 Å². The zero-order chi connectivity index (χ0) is 9.97. The first kappa shape index (κ1) is 9.59. The van der Waals surface area contributed by atoms with Crippen LogP contribution < -0.4 is 5.32 Å². The fraction of sp³-hybridized carbons (Fsp3) is 0.455. The first-order chi connectivity index (χ1) is 6.77. The molecule has 0 aromatic heterocycles. The van der Waals surface area contributed by atoms with Crippen molar-refractivity contribution < 1.29 is 8.78 Å². The summed E-state index contributed by atoms with van der Waals surface area (Å²) in [6, 6.07) is 3.85. The molecule has 1 aliphatic heterocycles. The van der Waals surface area contributed by atoms with Crippen molar-refractivity contribution in [3.8, 4) is 0 Å². The van der Waals surface area contributed by atoms with Crippen molar-refractivity contribution >= 4 is 0 Å². The number of benzene rings is 1. The van der Waals surface area contributed by atoms with Crippen LogP contribution in [-0.4, -0.2) is 13.1 Å². The van der Waals surface area contributed by atoms with Crippen LogP contribution in [0.2, 0.25) is 0 Å². The van der Waals surface area contributed by atoms with Gasteiger partial charge in [0.15, 0.2) is 0 Å². The highest BCUT2D eigenvalue weighted by molar-refractivity contribution is 5.23. The van der Waals surface area contributed by atoms with Crippen molar-refractivity contribution in [1.82, 2.24) is 5.32 Å². The Hall–Kier alpha value is -0.960. The van der Waals surface area contributed by atoms with Crippen molar-refractivity contribution in [1.29, 1.82) is 0 Å². The molecule has 1 fully saturated rings. The van der Waals surface area contributed by atoms with Crippen LogP contribution in [0.1, 0.15) is 24.3 Å². The molecular formula is C11H13F2N. The summed E-state index contributed by atoms with van der Waals surface area (Å²) in [5.41, 5.74) is 0.638. The average molecular weight is 197 g/mol. The van der Waals surface area contributed by atoms with Crippen LogP contribution >= 0.6 is 0 Å². The van der Waals surface area contributed by atoms with Crippen molar-refractivity contribution in [2.45, 2.75) is 18.8 Å². The molecule has 0 saturated carbocycles. The van der Waals surface area contributed by atoms with Crippen LogP contribution in [0.3, 0.4) is 0 Å². The molecule has 1 unspecified atom stereocenters. The lowest BCUT2D eigenvalue weighted by Gasteiger charge is -2.23. The van der Waals surface area contributed by atoms with Crippen molar-refractivity contribution in [2.75, 3.05) is 13.1 Å². The monoisotopic (exact) mass is 197 g/mol. The Morgan fingerprint density at radius 3 is 2.79 bits per heavy atom. The molecule has 0 bridgehead atoms. The number of halogens is 2. The van der Waals surface area contributed by atoms with Gasteiger partial charge in [-0.3, -0.25) is 0 Å². The number of piperidine rings is 1. The largest absolute Gasteiger partial charge is 0.316 e. The first-order valence-electron chi connectivity index (χ1n) is 4.93. The van der Waals surface area contributed by atoms with Crippen LogP contribution in [-0.2, 0) is 0 Å². The highest BCUT2D eigenvalue weighted by Gasteiger charge is 2.18. The molecule has 1 aliphatic rings. The van der Waals surface area contributed by atoms with Crippen LogP contribution in [0.4, 0.5) is 8.78 Å². The SMILES string of the molecule is Fc1ccc(C2CCCNC2)c(F)c1. The second kappa shape index (κ2) is 4.05. The highest BCUT2D eigenvalue weighted by Crippen LogP contribution is 2.25. The molecule has 1 saturated heterocycles. The maximum atomic E-state index is 13.4. The van der Waals surface area contributed by atoms with E-state index < -0.39 is 11.6 Å². The molecule has 1 aromatic rings. The van der Waals surface area contributed by atoms with Gasteiger partial charge >= 0.3 is 0 Å². The lowest BCUT2D eigenvalue weighted by atomic mass is 9.91. The molecule has 1 N–H and O–H groups in total. The van der Waals surface area contributed by atoms with Gasteiger partial charge in [0.25, 0.3) is 0 Å². The molecule has 1 nitrogen and oxygen atoms in total. The lowest BCUT2D eigenvalue weighted by Crippen LogP contribution is -2.28. The maximum Gasteiger partial charge on any atom is 0.129 e. The molecule has 0 aliphatic carbocycles. The minimum atomic E-state index is -0.505. The van der Waals surface area contributed by atoms with Gasteiger partial charge in [-0.25, -0.2) is 8.78 Å². The van der Waals surface area contributed by atoms with E-state index in [0.29, 0.717) is 5.56 Å². The number of rotatable bonds is 1. The Morgan fingerprint density at radius 1 is 1.29 bits per heavy atom. The summed E-state index contributed by atoms with van der Waals surface area (Å²) in [5, 5.41) is 3.21. The number of nitrogens with one attached hydrogen (secondary N) is 1. The molecule has 1 heterocycles. The third-order valence-corrected chi connectivity index (χ3v) is 2.70. The fourth-order valence-corrected chi connectivity index (χ4v) is 1.95. The topological polar surface area (TPSA) is 12.0 Å². The van der Waals surface area contributed by atoms with E-state index in [4.69, 9.17) is 0 Å². The van der Waals surface area contributed by atoms with Crippen LogP contribution in [0, 0.1) is 11.6 Å². The smallest absolute Gasteiger partial charge is 0.129 e. The summed E-state index contributed by atoms with van der Waals surface area (Å²) in [7, 11) is 0. The maximum absolute atomic E-state index is 13.4. The number of hydrogen-bond donors (Lipinski definition) is 1. The van der Waals surface area contributed by atoms with E-state index in [9.17, 15) is 8.78 Å². The zero-order valence-electron chi connectivity index (χ0n) is 7.89. The van der Waals surface area contributed by atoms with E-state index in [-0.39, 0.29) is 5.92 Å². The molecule has 0 amide bonds. The Balaban J connectivity index is 2.22. The fourth-order valence-electron chi connectivity index (χ4n) is 1.95. The molecule has 2 rings (SSSR count). The first-order valence-corrected chi connectivity index (χ1v) is 4.93. The van der Waals surface area contributed by atoms with Gasteiger partial charge in [-0.1, -0.05) is 6.07 Å². The highest BCUT2D eigenvalue weighted by atomic mass is 19.1. The van der Waals surface area contributed by atoms with E-state index in [0.717, 1.165) is 32.0 Å². The predicted molar refractivity (Wildman–Crippen MR) is 51.2 cm³/mol. The molecule has 0 radical (unpaired) electrons. The summed E-state index contributed by atoms with van der Waals surface area (Å²) < 4.78 is 26.0. The van der Waals surface area contributed by atoms with Crippen LogP contribution in [0.5, 0.6) is 0 Å². The van der Waals surface area contributed by atoms with Crippen LogP contribution in [0.25, 0.3) is 0 Å². The molecule has 0 spiro atoms. The quantitative estimate of drug-likeness (QED) is 0.729. The third-order valence-electron chi connectivity index (χ3n) is 2.70. The van der Waals surface area contributed by atoms with E-state index in [1.807, 2.05) is 0 Å². The second-order valence-electron chi connectivity index (χ2n) is 3.71. The van der Waals surface area contributed by atoms with Gasteiger partial charge in [0.2, 0.25) is 0 Å². The summed E-state index contributed by atoms with van der Waals surface area (Å²) in [6.07, 6.45) is 2.04. The van der Waals surface area contributed by atoms with Gasteiger partial charge in [0.05, 0.1) is 0 Å². The van der Waals surface area contributed by atoms with Gasteiger partial charge in [-0.2, -0.15) is 0 Å². The molecule has 1 atom stereocenters. The van der Waals surface area contributed by atoms with Gasteiger partial charge in [-0.05, 0) is 36.9 Å². The van der Waals surface area contributed by atoms with Gasteiger partial charge < -0.3 is 5.32 Å². The minimum absolute atomic E-state index is 0.198. The van der Waals surface area contributed by atoms with Gasteiger partial charge in [0, 0.05) is 12.6 Å². The zero-order valence-corrected chi connectivity index (χ0v) is 7.89. The molecule has 3 heteroatoms. The molecule has 1 aromatic carbocycles. The van der Waals surface area contributed by atoms with Gasteiger partial charge in [-0.15, -0.1) is 0 Å². The van der Waals surface area contributed by atoms with Crippen LogP contribution in [0.15, 0.2) is 18.2 Å². The van der Waals surface area contributed by atoms with Gasteiger partial charge in [0.1, 0.15) is 11.6 Å². The normalized spacial score (nSPS) is 22.3. The molecule has 76 valence electrons. The summed E-state index contributed by atoms with van der Waals surface area (Å²) in [4.78, 5) is 0. The lowest BCUT2D eigenvalue weighted by molar-refractivity contribution is 0.444. The van der Waals surface area contributed by atoms with E-state index in [2.05, 4.69) is 5.32 Å². The van der Waals surface area contributed by atoms with Crippen molar-refractivity contribution in [2.24, 2.45) is 0 Å². The molecule has 14 heavy (non-hydrogen) atoms. The van der Waals surface area contributed by atoms with Crippen molar-refractivity contribution in [3.05, 3.63) is 35.4 Å². The number of hydrogen-bond acceptors (Lipinski definition) is 1. The van der Waals surface area contributed by atoms with E-state index in [1.54, 1.807) is 6.07 Å².